The third-order valence-electron chi connectivity index (χ3n) is 1.03. The van der Waals surface area contributed by atoms with Gasteiger partial charge in [-0.25, -0.2) is 4.79 Å². The van der Waals surface area contributed by atoms with E-state index in [0.29, 0.717) is 0 Å². The van der Waals surface area contributed by atoms with E-state index < -0.39 is 11.8 Å². The normalized spacial score (nSPS) is 11.5. The van der Waals surface area contributed by atoms with Gasteiger partial charge in [0.05, 0.1) is 0 Å². The predicted octanol–water partition coefficient (Wildman–Crippen LogP) is 0.470. The minimum atomic E-state index is -0.995. The smallest absolute Gasteiger partial charge is 0.329 e. The molecule has 0 saturated heterocycles. The Morgan fingerprint density at radius 3 is 2.40 bits per heavy atom. The van der Waals surface area contributed by atoms with Gasteiger partial charge in [-0.2, -0.15) is 0 Å². The van der Waals surface area contributed by atoms with Crippen molar-refractivity contribution in [3.63, 3.8) is 0 Å². The molecule has 0 rings (SSSR count). The van der Waals surface area contributed by atoms with Gasteiger partial charge in [-0.05, 0) is 13.8 Å². The van der Waals surface area contributed by atoms with Gasteiger partial charge < -0.3 is 14.6 Å². The van der Waals surface area contributed by atoms with Crippen molar-refractivity contribution in [1.82, 2.24) is 0 Å². The van der Waals surface area contributed by atoms with Gasteiger partial charge in [0.2, 0.25) is 0 Å². The number of carboxylic acid groups (broad SMARTS) is 1. The zero-order chi connectivity index (χ0) is 8.20. The second kappa shape index (κ2) is 3.53. The highest BCUT2D eigenvalue weighted by Gasteiger charge is 2.17. The SMILES string of the molecule is COC(C)(C)OCC(=O)O. The Morgan fingerprint density at radius 1 is 1.60 bits per heavy atom. The number of hydrogen-bond acceptors (Lipinski definition) is 3. The molecule has 60 valence electrons. The second-order valence-corrected chi connectivity index (χ2v) is 2.29. The standard InChI is InChI=1S/C6H12O4/c1-6(2,9-3)10-4-5(7)8/h4H2,1-3H3,(H,7,8). The highest BCUT2D eigenvalue weighted by molar-refractivity contribution is 5.68. The lowest BCUT2D eigenvalue weighted by Gasteiger charge is -2.21. The van der Waals surface area contributed by atoms with Crippen LogP contribution in [0.15, 0.2) is 0 Å². The summed E-state index contributed by atoms with van der Waals surface area (Å²) in [6, 6.07) is 0. The molecule has 0 aliphatic rings. The van der Waals surface area contributed by atoms with Crippen LogP contribution in [0.1, 0.15) is 13.8 Å². The van der Waals surface area contributed by atoms with Crippen molar-refractivity contribution in [2.75, 3.05) is 13.7 Å². The van der Waals surface area contributed by atoms with E-state index in [0.717, 1.165) is 0 Å². The molecule has 10 heavy (non-hydrogen) atoms. The van der Waals surface area contributed by atoms with Crippen LogP contribution >= 0.6 is 0 Å². The maximum Gasteiger partial charge on any atom is 0.329 e. The maximum atomic E-state index is 9.98. The summed E-state index contributed by atoms with van der Waals surface area (Å²) in [5.41, 5.74) is 0. The lowest BCUT2D eigenvalue weighted by Crippen LogP contribution is -2.29. The van der Waals surface area contributed by atoms with Gasteiger partial charge in [0.25, 0.3) is 0 Å². The van der Waals surface area contributed by atoms with Crippen molar-refractivity contribution in [2.24, 2.45) is 0 Å². The molecule has 0 atom stereocenters. The monoisotopic (exact) mass is 148 g/mol. The van der Waals surface area contributed by atoms with Crippen LogP contribution in [0.5, 0.6) is 0 Å². The van der Waals surface area contributed by atoms with Crippen molar-refractivity contribution in [2.45, 2.75) is 19.6 Å². The van der Waals surface area contributed by atoms with Crippen LogP contribution in [0.3, 0.4) is 0 Å². The summed E-state index contributed by atoms with van der Waals surface area (Å²) in [6.45, 7) is 2.97. The maximum absolute atomic E-state index is 9.98. The summed E-state index contributed by atoms with van der Waals surface area (Å²) in [5, 5.41) is 8.19. The zero-order valence-corrected chi connectivity index (χ0v) is 6.38. The van der Waals surface area contributed by atoms with Gasteiger partial charge in [0, 0.05) is 7.11 Å². The molecule has 0 spiro atoms. The molecular weight excluding hydrogens is 136 g/mol. The molecule has 4 nitrogen and oxygen atoms in total. The fraction of sp³-hybridized carbons (Fsp3) is 0.833. The summed E-state index contributed by atoms with van der Waals surface area (Å²) in [5.74, 6) is -1.80. The number of hydrogen-bond donors (Lipinski definition) is 1. The number of rotatable bonds is 4. The Kier molecular flexibility index (Phi) is 3.32. The number of aliphatic carboxylic acids is 1. The number of methoxy groups -OCH3 is 1. The minimum Gasteiger partial charge on any atom is -0.480 e. The molecule has 0 fully saturated rings. The Bertz CT molecular complexity index is 119. The van der Waals surface area contributed by atoms with Crippen LogP contribution in [-0.2, 0) is 14.3 Å². The molecule has 0 aliphatic heterocycles. The highest BCUT2D eigenvalue weighted by Crippen LogP contribution is 2.07. The molecule has 4 heteroatoms. The molecule has 0 radical (unpaired) electrons. The average Bonchev–Trinajstić information content (AvgIpc) is 1.85. The fourth-order valence-electron chi connectivity index (χ4n) is 0.294. The number of ether oxygens (including phenoxy) is 2. The second-order valence-electron chi connectivity index (χ2n) is 2.29. The predicted molar refractivity (Wildman–Crippen MR) is 34.7 cm³/mol. The van der Waals surface area contributed by atoms with Gasteiger partial charge in [0.15, 0.2) is 5.79 Å². The van der Waals surface area contributed by atoms with E-state index in [1.807, 2.05) is 0 Å². The van der Waals surface area contributed by atoms with Gasteiger partial charge in [-0.3, -0.25) is 0 Å². The van der Waals surface area contributed by atoms with Crippen LogP contribution in [0.25, 0.3) is 0 Å². The topological polar surface area (TPSA) is 55.8 Å². The van der Waals surface area contributed by atoms with Crippen LogP contribution in [0.2, 0.25) is 0 Å². The summed E-state index contributed by atoms with van der Waals surface area (Å²) < 4.78 is 9.62. The van der Waals surface area contributed by atoms with E-state index in [-0.39, 0.29) is 6.61 Å². The Labute approximate surface area is 59.7 Å². The summed E-state index contributed by atoms with van der Waals surface area (Å²) in [4.78, 5) is 9.98. The zero-order valence-electron chi connectivity index (χ0n) is 6.38. The Morgan fingerprint density at radius 2 is 2.10 bits per heavy atom. The van der Waals surface area contributed by atoms with Gasteiger partial charge in [-0.15, -0.1) is 0 Å². The molecule has 0 saturated carbocycles. The number of carbonyl (C=O) groups is 1. The van der Waals surface area contributed by atoms with Crippen LogP contribution in [-0.4, -0.2) is 30.6 Å². The van der Waals surface area contributed by atoms with Crippen LogP contribution < -0.4 is 0 Å². The van der Waals surface area contributed by atoms with Gasteiger partial charge >= 0.3 is 5.97 Å². The summed E-state index contributed by atoms with van der Waals surface area (Å²) in [7, 11) is 1.46. The third-order valence-corrected chi connectivity index (χ3v) is 1.03. The molecule has 0 amide bonds. The van der Waals surface area contributed by atoms with E-state index in [1.165, 1.54) is 7.11 Å². The lowest BCUT2D eigenvalue weighted by molar-refractivity contribution is -0.204. The van der Waals surface area contributed by atoms with Gasteiger partial charge in [0.1, 0.15) is 6.61 Å². The van der Waals surface area contributed by atoms with Crippen LogP contribution in [0.4, 0.5) is 0 Å². The molecule has 0 aromatic carbocycles. The molecule has 0 aliphatic carbocycles. The molecule has 1 N–H and O–H groups in total. The third kappa shape index (κ3) is 4.29. The first-order chi connectivity index (χ1) is 4.48. The first kappa shape index (κ1) is 9.39. The van der Waals surface area contributed by atoms with Gasteiger partial charge in [-0.1, -0.05) is 0 Å². The highest BCUT2D eigenvalue weighted by atomic mass is 16.7. The Hall–Kier alpha value is -0.610. The average molecular weight is 148 g/mol. The molecule has 0 aromatic rings. The number of carboxylic acids is 1. The molecule has 0 bridgehead atoms. The van der Waals surface area contributed by atoms with Crippen molar-refractivity contribution < 1.29 is 19.4 Å². The van der Waals surface area contributed by atoms with Crippen molar-refractivity contribution >= 4 is 5.97 Å². The van der Waals surface area contributed by atoms with Crippen molar-refractivity contribution in [1.29, 1.82) is 0 Å². The molecular formula is C6H12O4. The van der Waals surface area contributed by atoms with E-state index in [9.17, 15) is 4.79 Å². The van der Waals surface area contributed by atoms with E-state index >= 15 is 0 Å². The molecule has 0 heterocycles. The van der Waals surface area contributed by atoms with Crippen molar-refractivity contribution in [3.8, 4) is 0 Å². The van der Waals surface area contributed by atoms with E-state index in [2.05, 4.69) is 0 Å². The summed E-state index contributed by atoms with van der Waals surface area (Å²) in [6.07, 6.45) is 0. The van der Waals surface area contributed by atoms with E-state index in [4.69, 9.17) is 14.6 Å². The first-order valence-electron chi connectivity index (χ1n) is 2.89. The Balaban J connectivity index is 3.56. The summed E-state index contributed by atoms with van der Waals surface area (Å²) >= 11 is 0. The minimum absolute atomic E-state index is 0.332. The largest absolute Gasteiger partial charge is 0.480 e. The molecule has 0 unspecified atom stereocenters. The van der Waals surface area contributed by atoms with E-state index in [1.54, 1.807) is 13.8 Å². The van der Waals surface area contributed by atoms with Crippen LogP contribution in [0, 0.1) is 0 Å². The fourth-order valence-corrected chi connectivity index (χ4v) is 0.294. The quantitative estimate of drug-likeness (QED) is 0.589. The lowest BCUT2D eigenvalue weighted by atomic mass is 10.4. The first-order valence-corrected chi connectivity index (χ1v) is 2.89. The molecule has 0 aromatic heterocycles. The van der Waals surface area contributed by atoms with Crippen molar-refractivity contribution in [3.05, 3.63) is 0 Å².